The first-order chi connectivity index (χ1) is 15.8. The van der Waals surface area contributed by atoms with Crippen molar-refractivity contribution in [3.63, 3.8) is 0 Å². The molecule has 6 heteroatoms. The molecule has 0 spiro atoms. The highest BCUT2D eigenvalue weighted by molar-refractivity contribution is 9.11. The number of hydrogen-bond acceptors (Lipinski definition) is 4. The lowest BCUT2D eigenvalue weighted by atomic mass is 9.48. The molecule has 4 nitrogen and oxygen atoms in total. The van der Waals surface area contributed by atoms with Crippen LogP contribution in [0.3, 0.4) is 0 Å². The third kappa shape index (κ3) is 4.79. The van der Waals surface area contributed by atoms with E-state index in [1.54, 1.807) is 12.1 Å². The van der Waals surface area contributed by atoms with Crippen LogP contribution < -0.4 is 4.74 Å². The molecule has 0 saturated heterocycles. The van der Waals surface area contributed by atoms with E-state index >= 15 is 0 Å². The third-order valence-corrected chi connectivity index (χ3v) is 8.86. The monoisotopic (exact) mass is 574 g/mol. The maximum atomic E-state index is 13.1. The molecule has 0 amide bonds. The summed E-state index contributed by atoms with van der Waals surface area (Å²) in [5, 5.41) is 0. The number of esters is 1. The Balaban J connectivity index is 1.15. The Hall–Kier alpha value is -1.66. The van der Waals surface area contributed by atoms with Crippen molar-refractivity contribution in [3.8, 4) is 5.75 Å². The average molecular weight is 576 g/mol. The van der Waals surface area contributed by atoms with Gasteiger partial charge in [-0.15, -0.1) is 0 Å². The number of ketones is 1. The van der Waals surface area contributed by atoms with Crippen molar-refractivity contribution in [3.05, 3.63) is 62.0 Å². The number of benzene rings is 2. The van der Waals surface area contributed by atoms with Gasteiger partial charge in [-0.05, 0) is 130 Å². The topological polar surface area (TPSA) is 52.6 Å². The maximum absolute atomic E-state index is 13.1. The van der Waals surface area contributed by atoms with Gasteiger partial charge in [-0.25, -0.2) is 4.79 Å². The molecule has 0 aromatic heterocycles. The van der Waals surface area contributed by atoms with Crippen LogP contribution in [-0.2, 0) is 16.1 Å². The summed E-state index contributed by atoms with van der Waals surface area (Å²) in [5.74, 6) is 2.54. The van der Waals surface area contributed by atoms with Crippen molar-refractivity contribution in [1.82, 2.24) is 0 Å². The van der Waals surface area contributed by atoms with Crippen molar-refractivity contribution < 1.29 is 19.1 Å². The number of halogens is 2. The Kier molecular flexibility index (Phi) is 6.43. The Morgan fingerprint density at radius 3 is 2.03 bits per heavy atom. The molecule has 6 rings (SSSR count). The highest BCUT2D eigenvalue weighted by atomic mass is 79.9. The fourth-order valence-corrected chi connectivity index (χ4v) is 8.18. The van der Waals surface area contributed by atoms with Gasteiger partial charge in [0.15, 0.2) is 12.4 Å². The van der Waals surface area contributed by atoms with Crippen LogP contribution in [0.25, 0.3) is 0 Å². The molecular weight excluding hydrogens is 548 g/mol. The van der Waals surface area contributed by atoms with Gasteiger partial charge in [-0.3, -0.25) is 4.79 Å². The summed E-state index contributed by atoms with van der Waals surface area (Å²) in [6.45, 7) is 2.29. The van der Waals surface area contributed by atoms with Crippen molar-refractivity contribution in [2.24, 2.45) is 23.2 Å². The highest BCUT2D eigenvalue weighted by Crippen LogP contribution is 2.60. The van der Waals surface area contributed by atoms with Crippen LogP contribution in [0.15, 0.2) is 45.3 Å². The molecule has 4 bridgehead atoms. The smallest absolute Gasteiger partial charge is 0.338 e. The summed E-state index contributed by atoms with van der Waals surface area (Å²) in [6, 6.07) is 11.2. The van der Waals surface area contributed by atoms with Crippen LogP contribution >= 0.6 is 31.9 Å². The van der Waals surface area contributed by atoms with Crippen LogP contribution in [0.4, 0.5) is 0 Å². The molecule has 0 aliphatic heterocycles. The molecule has 4 aliphatic rings. The molecule has 4 fully saturated rings. The standard InChI is InChI=1S/C27H28Br2O4/c1-16-6-22(28)25(23(29)7-16)32-14-17-2-4-21(5-3-17)26(31)33-15-24(30)27-11-18-8-19(12-27)10-20(9-18)13-27/h2-7,18-20H,8-15H2,1H3. The number of Topliss-reactive ketones (excluding diaryl/α,β-unsaturated/α-hetero) is 1. The molecule has 0 atom stereocenters. The fraction of sp³-hybridized carbons (Fsp3) is 0.481. The van der Waals surface area contributed by atoms with E-state index in [0.717, 1.165) is 45.1 Å². The highest BCUT2D eigenvalue weighted by Gasteiger charge is 2.54. The molecular formula is C27H28Br2O4. The van der Waals surface area contributed by atoms with Gasteiger partial charge in [0, 0.05) is 5.41 Å². The van der Waals surface area contributed by atoms with Gasteiger partial charge in [0.1, 0.15) is 12.4 Å². The number of aryl methyl sites for hydroxylation is 1. The quantitative estimate of drug-likeness (QED) is 0.332. The predicted octanol–water partition coefficient (Wildman–Crippen LogP) is 7.04. The van der Waals surface area contributed by atoms with E-state index in [-0.39, 0.29) is 17.8 Å². The van der Waals surface area contributed by atoms with E-state index in [4.69, 9.17) is 9.47 Å². The first-order valence-electron chi connectivity index (χ1n) is 11.7. The molecule has 0 unspecified atom stereocenters. The molecule has 0 radical (unpaired) electrons. The molecule has 0 heterocycles. The van der Waals surface area contributed by atoms with Gasteiger partial charge < -0.3 is 9.47 Å². The van der Waals surface area contributed by atoms with Crippen LogP contribution in [0.1, 0.15) is 60.0 Å². The predicted molar refractivity (Wildman–Crippen MR) is 133 cm³/mol. The van der Waals surface area contributed by atoms with Crippen LogP contribution in [0, 0.1) is 30.1 Å². The molecule has 4 aliphatic carbocycles. The molecule has 2 aromatic carbocycles. The summed E-state index contributed by atoms with van der Waals surface area (Å²) < 4.78 is 13.2. The lowest BCUT2D eigenvalue weighted by Gasteiger charge is -2.55. The lowest BCUT2D eigenvalue weighted by Crippen LogP contribution is -2.51. The van der Waals surface area contributed by atoms with Crippen molar-refractivity contribution in [1.29, 1.82) is 0 Å². The number of carbonyl (C=O) groups is 2. The maximum Gasteiger partial charge on any atom is 0.338 e. The summed E-state index contributed by atoms with van der Waals surface area (Å²) in [5.41, 5.74) is 2.30. The first-order valence-corrected chi connectivity index (χ1v) is 13.3. The molecule has 2 aromatic rings. The van der Waals surface area contributed by atoms with Crippen molar-refractivity contribution in [2.45, 2.75) is 52.1 Å². The summed E-state index contributed by atoms with van der Waals surface area (Å²) >= 11 is 7.07. The summed E-state index contributed by atoms with van der Waals surface area (Å²) in [4.78, 5) is 25.7. The Morgan fingerprint density at radius 2 is 1.48 bits per heavy atom. The van der Waals surface area contributed by atoms with Crippen LogP contribution in [0.5, 0.6) is 5.75 Å². The minimum absolute atomic E-state index is 0.106. The second-order valence-corrected chi connectivity index (χ2v) is 11.9. The molecule has 0 N–H and O–H groups in total. The third-order valence-electron chi connectivity index (χ3n) is 7.68. The second kappa shape index (κ2) is 9.18. The number of hydrogen-bond donors (Lipinski definition) is 0. The van der Waals surface area contributed by atoms with Gasteiger partial charge in [0.2, 0.25) is 0 Å². The van der Waals surface area contributed by atoms with Crippen LogP contribution in [0.2, 0.25) is 0 Å². The fourth-order valence-electron chi connectivity index (χ4n) is 6.54. The Bertz CT molecular complexity index is 1020. The van der Waals surface area contributed by atoms with E-state index in [9.17, 15) is 9.59 Å². The minimum atomic E-state index is -0.440. The second-order valence-electron chi connectivity index (χ2n) is 10.2. The minimum Gasteiger partial charge on any atom is -0.487 e. The number of carbonyl (C=O) groups excluding carboxylic acids is 2. The zero-order valence-corrected chi connectivity index (χ0v) is 21.9. The van der Waals surface area contributed by atoms with Gasteiger partial charge in [-0.2, -0.15) is 0 Å². The molecule has 174 valence electrons. The van der Waals surface area contributed by atoms with E-state index < -0.39 is 5.97 Å². The van der Waals surface area contributed by atoms with Crippen LogP contribution in [-0.4, -0.2) is 18.4 Å². The van der Waals surface area contributed by atoms with E-state index in [1.807, 2.05) is 31.2 Å². The van der Waals surface area contributed by atoms with Gasteiger partial charge in [0.05, 0.1) is 14.5 Å². The summed E-state index contributed by atoms with van der Waals surface area (Å²) in [7, 11) is 0. The molecule has 33 heavy (non-hydrogen) atoms. The van der Waals surface area contributed by atoms with E-state index in [0.29, 0.717) is 29.9 Å². The number of ether oxygens (including phenoxy) is 2. The van der Waals surface area contributed by atoms with Crippen molar-refractivity contribution >= 4 is 43.6 Å². The molecule has 4 saturated carbocycles. The first kappa shape index (κ1) is 23.1. The zero-order chi connectivity index (χ0) is 23.2. The SMILES string of the molecule is Cc1cc(Br)c(OCc2ccc(C(=O)OCC(=O)C34CC5CC(CC(C5)C3)C4)cc2)c(Br)c1. The Morgan fingerprint density at radius 1 is 0.939 bits per heavy atom. The van der Waals surface area contributed by atoms with E-state index in [1.165, 1.54) is 19.3 Å². The largest absolute Gasteiger partial charge is 0.487 e. The number of rotatable bonds is 7. The van der Waals surface area contributed by atoms with Crippen molar-refractivity contribution in [2.75, 3.05) is 6.61 Å². The normalized spacial score (nSPS) is 27.4. The zero-order valence-electron chi connectivity index (χ0n) is 18.7. The van der Waals surface area contributed by atoms with E-state index in [2.05, 4.69) is 31.9 Å². The average Bonchev–Trinajstić information content (AvgIpc) is 2.76. The summed E-state index contributed by atoms with van der Waals surface area (Å²) in [6.07, 6.45) is 6.87. The lowest BCUT2D eigenvalue weighted by molar-refractivity contribution is -0.147. The van der Waals surface area contributed by atoms with Gasteiger partial charge in [-0.1, -0.05) is 12.1 Å². The van der Waals surface area contributed by atoms with Gasteiger partial charge >= 0.3 is 5.97 Å². The van der Waals surface area contributed by atoms with Gasteiger partial charge in [0.25, 0.3) is 0 Å². The Labute approximate surface area is 211 Å².